The van der Waals surface area contributed by atoms with Gasteiger partial charge in [0.05, 0.1) is 12.5 Å². The first-order valence-electron chi connectivity index (χ1n) is 6.90. The Labute approximate surface area is 116 Å². The summed E-state index contributed by atoms with van der Waals surface area (Å²) >= 11 is 0. The molecule has 106 valence electrons. The molecule has 0 bridgehead atoms. The lowest BCUT2D eigenvalue weighted by Crippen LogP contribution is -2.18. The second-order valence-corrected chi connectivity index (χ2v) is 6.60. The summed E-state index contributed by atoms with van der Waals surface area (Å²) in [5, 5.41) is 0.832. The molecule has 0 heterocycles. The van der Waals surface area contributed by atoms with Gasteiger partial charge >= 0.3 is 5.97 Å². The average Bonchev–Trinajstić information content (AvgIpc) is 2.44. The van der Waals surface area contributed by atoms with E-state index in [4.69, 9.17) is 4.74 Å². The molecule has 0 fully saturated rings. The van der Waals surface area contributed by atoms with Crippen molar-refractivity contribution in [1.29, 1.82) is 0 Å². The Morgan fingerprint density at radius 3 is 2.58 bits per heavy atom. The maximum absolute atomic E-state index is 12.1. The summed E-state index contributed by atoms with van der Waals surface area (Å²) in [4.78, 5) is 11.7. The lowest BCUT2D eigenvalue weighted by atomic mass is 10.2. The van der Waals surface area contributed by atoms with E-state index in [2.05, 4.69) is 6.92 Å². The topological polar surface area (TPSA) is 43.4 Å². The summed E-state index contributed by atoms with van der Waals surface area (Å²) in [6.45, 7) is 4.37. The van der Waals surface area contributed by atoms with Crippen LogP contribution in [0.3, 0.4) is 0 Å². The molecule has 2 unspecified atom stereocenters. The van der Waals surface area contributed by atoms with Gasteiger partial charge in [-0.3, -0.25) is 4.79 Å². The first-order chi connectivity index (χ1) is 9.15. The molecular weight excluding hydrogens is 259 g/mol. The van der Waals surface area contributed by atoms with E-state index in [0.717, 1.165) is 24.6 Å². The number of unbranched alkanes of at least 4 members (excludes halogenated alkanes) is 2. The number of hydrogen-bond donors (Lipinski definition) is 0. The third-order valence-electron chi connectivity index (χ3n) is 2.98. The molecule has 0 aromatic heterocycles. The van der Waals surface area contributed by atoms with Crippen molar-refractivity contribution in [2.24, 2.45) is 5.92 Å². The quantitative estimate of drug-likeness (QED) is 0.417. The Kier molecular flexibility index (Phi) is 7.50. The number of hydrogen-bond acceptors (Lipinski definition) is 3. The smallest absolute Gasteiger partial charge is 0.309 e. The summed E-state index contributed by atoms with van der Waals surface area (Å²) < 4.78 is 17.3. The predicted molar refractivity (Wildman–Crippen MR) is 79.6 cm³/mol. The lowest BCUT2D eigenvalue weighted by Gasteiger charge is -2.11. The van der Waals surface area contributed by atoms with Crippen molar-refractivity contribution >= 4 is 19.1 Å². The Morgan fingerprint density at radius 1 is 1.26 bits per heavy atom. The molecule has 0 N–H and O–H groups in total. The van der Waals surface area contributed by atoms with Crippen molar-refractivity contribution in [3.63, 3.8) is 0 Å². The fourth-order valence-corrected chi connectivity index (χ4v) is 3.29. The van der Waals surface area contributed by atoms with Crippen molar-refractivity contribution in [2.45, 2.75) is 33.1 Å². The normalized spacial score (nSPS) is 13.8. The standard InChI is InChI=1S/C15H23O3P/c1-3-4-8-11-18-15(16)13(2)12-19(17)14-9-6-5-7-10-14/h5-7,9-10,13,19H,3-4,8,11-12H2,1-2H3. The highest BCUT2D eigenvalue weighted by Gasteiger charge is 2.18. The molecule has 0 spiro atoms. The van der Waals surface area contributed by atoms with Crippen molar-refractivity contribution in [3.8, 4) is 0 Å². The maximum Gasteiger partial charge on any atom is 0.309 e. The highest BCUT2D eigenvalue weighted by atomic mass is 31.1. The van der Waals surface area contributed by atoms with Crippen molar-refractivity contribution < 1.29 is 14.1 Å². The van der Waals surface area contributed by atoms with Crippen LogP contribution in [0.4, 0.5) is 0 Å². The molecule has 1 aromatic carbocycles. The zero-order valence-corrected chi connectivity index (χ0v) is 12.7. The number of esters is 1. The van der Waals surface area contributed by atoms with Crippen LogP contribution in [0.1, 0.15) is 33.1 Å². The van der Waals surface area contributed by atoms with Crippen LogP contribution in [0, 0.1) is 5.92 Å². The number of rotatable bonds is 8. The van der Waals surface area contributed by atoms with Gasteiger partial charge in [0.2, 0.25) is 0 Å². The second kappa shape index (κ2) is 8.92. The van der Waals surface area contributed by atoms with Crippen LogP contribution in [0.5, 0.6) is 0 Å². The Bertz CT molecular complexity index is 403. The average molecular weight is 282 g/mol. The first kappa shape index (κ1) is 16.0. The predicted octanol–water partition coefficient (Wildman–Crippen LogP) is 3.24. The van der Waals surface area contributed by atoms with Gasteiger partial charge in [0.1, 0.15) is 7.80 Å². The molecule has 19 heavy (non-hydrogen) atoms. The first-order valence-corrected chi connectivity index (χ1v) is 8.51. The molecule has 3 nitrogen and oxygen atoms in total. The van der Waals surface area contributed by atoms with Crippen LogP contribution >= 0.6 is 7.80 Å². The summed E-state index contributed by atoms with van der Waals surface area (Å²) in [6, 6.07) is 9.32. The Balaban J connectivity index is 2.35. The summed E-state index contributed by atoms with van der Waals surface area (Å²) in [5.74, 6) is -0.529. The van der Waals surface area contributed by atoms with Gasteiger partial charge in [-0.15, -0.1) is 0 Å². The molecular formula is C15H23O3P. The van der Waals surface area contributed by atoms with Crippen LogP contribution in [0.25, 0.3) is 0 Å². The van der Waals surface area contributed by atoms with Crippen molar-refractivity contribution in [1.82, 2.24) is 0 Å². The van der Waals surface area contributed by atoms with E-state index < -0.39 is 7.80 Å². The fraction of sp³-hybridized carbons (Fsp3) is 0.533. The second-order valence-electron chi connectivity index (χ2n) is 4.77. The molecule has 0 amide bonds. The molecule has 1 aromatic rings. The van der Waals surface area contributed by atoms with E-state index >= 15 is 0 Å². The van der Waals surface area contributed by atoms with Gasteiger partial charge < -0.3 is 9.30 Å². The molecule has 0 aliphatic carbocycles. The third kappa shape index (κ3) is 6.07. The highest BCUT2D eigenvalue weighted by Crippen LogP contribution is 2.23. The Morgan fingerprint density at radius 2 is 1.95 bits per heavy atom. The molecule has 1 rings (SSSR count). The molecule has 0 aliphatic heterocycles. The van der Waals surface area contributed by atoms with Crippen LogP contribution in [-0.2, 0) is 14.1 Å². The minimum Gasteiger partial charge on any atom is -0.465 e. The van der Waals surface area contributed by atoms with E-state index in [1.807, 2.05) is 30.3 Å². The zero-order valence-electron chi connectivity index (χ0n) is 11.7. The van der Waals surface area contributed by atoms with E-state index in [0.29, 0.717) is 12.8 Å². The largest absolute Gasteiger partial charge is 0.465 e. The van der Waals surface area contributed by atoms with Crippen LogP contribution in [0.2, 0.25) is 0 Å². The monoisotopic (exact) mass is 282 g/mol. The van der Waals surface area contributed by atoms with Gasteiger partial charge in [-0.1, -0.05) is 57.0 Å². The van der Waals surface area contributed by atoms with E-state index in [1.165, 1.54) is 0 Å². The van der Waals surface area contributed by atoms with Crippen molar-refractivity contribution in [3.05, 3.63) is 30.3 Å². The molecule has 2 atom stereocenters. The fourth-order valence-electron chi connectivity index (χ4n) is 1.77. The summed E-state index contributed by atoms with van der Waals surface area (Å²) in [6.07, 6.45) is 3.47. The van der Waals surface area contributed by atoms with Gasteiger partial charge in [0.15, 0.2) is 0 Å². The van der Waals surface area contributed by atoms with Gasteiger partial charge in [-0.05, 0) is 6.42 Å². The number of carbonyl (C=O) groups is 1. The summed E-state index contributed by atoms with van der Waals surface area (Å²) in [5.41, 5.74) is 0. The van der Waals surface area contributed by atoms with E-state index in [9.17, 15) is 9.36 Å². The van der Waals surface area contributed by atoms with E-state index in [1.54, 1.807) is 6.92 Å². The number of benzene rings is 1. The van der Waals surface area contributed by atoms with Gasteiger partial charge in [0, 0.05) is 11.5 Å². The molecule has 0 radical (unpaired) electrons. The van der Waals surface area contributed by atoms with E-state index in [-0.39, 0.29) is 11.9 Å². The number of ether oxygens (including phenoxy) is 1. The third-order valence-corrected chi connectivity index (χ3v) is 4.94. The van der Waals surface area contributed by atoms with Gasteiger partial charge in [-0.25, -0.2) is 0 Å². The molecule has 4 heteroatoms. The minimum atomic E-state index is -1.90. The minimum absolute atomic E-state index is 0.231. The lowest BCUT2D eigenvalue weighted by molar-refractivity contribution is -0.147. The molecule has 0 saturated carbocycles. The SMILES string of the molecule is CCCCCOC(=O)C(C)C[PH](=O)c1ccccc1. The molecule has 0 aliphatic rings. The molecule has 0 saturated heterocycles. The van der Waals surface area contributed by atoms with Crippen molar-refractivity contribution in [2.75, 3.05) is 12.8 Å². The zero-order chi connectivity index (χ0) is 14.1. The van der Waals surface area contributed by atoms with Gasteiger partial charge in [-0.2, -0.15) is 0 Å². The number of carbonyl (C=O) groups excluding carboxylic acids is 1. The highest BCUT2D eigenvalue weighted by molar-refractivity contribution is 7.53. The van der Waals surface area contributed by atoms with Crippen LogP contribution < -0.4 is 5.30 Å². The van der Waals surface area contributed by atoms with Crippen LogP contribution in [-0.4, -0.2) is 18.7 Å². The summed E-state index contributed by atoms with van der Waals surface area (Å²) in [7, 11) is -1.90. The van der Waals surface area contributed by atoms with Gasteiger partial charge in [0.25, 0.3) is 0 Å². The van der Waals surface area contributed by atoms with Crippen LogP contribution in [0.15, 0.2) is 30.3 Å². The Hall–Kier alpha value is -1.08. The maximum atomic E-state index is 12.1.